The summed E-state index contributed by atoms with van der Waals surface area (Å²) in [5.74, 6) is 2.59. The van der Waals surface area contributed by atoms with Gasteiger partial charge in [0.15, 0.2) is 0 Å². The summed E-state index contributed by atoms with van der Waals surface area (Å²) in [6.07, 6.45) is 0. The summed E-state index contributed by atoms with van der Waals surface area (Å²) in [6.45, 7) is 2.39. The molecule has 3 nitrogen and oxygen atoms in total. The van der Waals surface area contributed by atoms with E-state index in [1.807, 2.05) is 50.4 Å². The van der Waals surface area contributed by atoms with Gasteiger partial charge in [0, 0.05) is 12.7 Å². The molecule has 0 aliphatic carbocycles. The maximum atomic E-state index is 5.58. The quantitative estimate of drug-likeness (QED) is 0.853. The van der Waals surface area contributed by atoms with E-state index in [4.69, 9.17) is 9.15 Å². The highest BCUT2D eigenvalue weighted by Crippen LogP contribution is 2.17. The number of hydrogen-bond acceptors (Lipinski definition) is 3. The van der Waals surface area contributed by atoms with Crippen LogP contribution in [0.15, 0.2) is 40.8 Å². The Kier molecular flexibility index (Phi) is 3.15. The third kappa shape index (κ3) is 2.57. The van der Waals surface area contributed by atoms with E-state index >= 15 is 0 Å². The number of rotatable bonds is 4. The lowest BCUT2D eigenvalue weighted by Gasteiger charge is -2.05. The Bertz CT molecular complexity index is 445. The van der Waals surface area contributed by atoms with Crippen molar-refractivity contribution in [2.45, 2.75) is 13.5 Å². The van der Waals surface area contributed by atoms with Gasteiger partial charge in [-0.25, -0.2) is 0 Å². The molecule has 0 amide bonds. The van der Waals surface area contributed by atoms with Crippen molar-refractivity contribution in [2.24, 2.45) is 0 Å². The molecule has 2 rings (SSSR count). The van der Waals surface area contributed by atoms with Crippen LogP contribution in [0.4, 0.5) is 5.69 Å². The van der Waals surface area contributed by atoms with Gasteiger partial charge in [0.05, 0.1) is 0 Å². The molecule has 0 saturated heterocycles. The van der Waals surface area contributed by atoms with E-state index in [1.54, 1.807) is 0 Å². The van der Waals surface area contributed by atoms with Gasteiger partial charge < -0.3 is 14.5 Å². The lowest BCUT2D eigenvalue weighted by atomic mass is 10.3. The molecule has 0 radical (unpaired) electrons. The second-order valence-electron chi connectivity index (χ2n) is 3.58. The average molecular weight is 217 g/mol. The molecule has 84 valence electrons. The Balaban J connectivity index is 1.94. The van der Waals surface area contributed by atoms with E-state index in [-0.39, 0.29) is 0 Å². The first-order valence-electron chi connectivity index (χ1n) is 5.24. The van der Waals surface area contributed by atoms with Gasteiger partial charge in [0.2, 0.25) is 0 Å². The lowest BCUT2D eigenvalue weighted by Crippen LogP contribution is -1.94. The number of anilines is 1. The summed E-state index contributed by atoms with van der Waals surface area (Å²) in [5, 5.41) is 3.06. The molecule has 2 aromatic rings. The van der Waals surface area contributed by atoms with Gasteiger partial charge in [-0.3, -0.25) is 0 Å². The van der Waals surface area contributed by atoms with Gasteiger partial charge in [-0.05, 0) is 43.3 Å². The minimum Gasteiger partial charge on any atom is -0.486 e. The Morgan fingerprint density at radius 2 is 1.88 bits per heavy atom. The molecule has 0 aliphatic heterocycles. The zero-order chi connectivity index (χ0) is 11.4. The lowest BCUT2D eigenvalue weighted by molar-refractivity contribution is 0.267. The van der Waals surface area contributed by atoms with Crippen LogP contribution in [0.5, 0.6) is 5.75 Å². The summed E-state index contributed by atoms with van der Waals surface area (Å²) in [4.78, 5) is 0. The molecular formula is C13H15NO2. The van der Waals surface area contributed by atoms with Gasteiger partial charge in [-0.2, -0.15) is 0 Å². The molecule has 0 atom stereocenters. The van der Waals surface area contributed by atoms with E-state index in [9.17, 15) is 0 Å². The van der Waals surface area contributed by atoms with Crippen molar-refractivity contribution in [1.82, 2.24) is 0 Å². The zero-order valence-electron chi connectivity index (χ0n) is 9.49. The average Bonchev–Trinajstić information content (AvgIpc) is 2.73. The summed E-state index contributed by atoms with van der Waals surface area (Å²) < 4.78 is 11.0. The first kappa shape index (κ1) is 10.6. The molecule has 0 spiro atoms. The summed E-state index contributed by atoms with van der Waals surface area (Å²) in [7, 11) is 1.89. The molecule has 3 heteroatoms. The van der Waals surface area contributed by atoms with Crippen molar-refractivity contribution in [3.8, 4) is 5.75 Å². The van der Waals surface area contributed by atoms with Crippen LogP contribution in [0.25, 0.3) is 0 Å². The number of furan rings is 1. The van der Waals surface area contributed by atoms with Gasteiger partial charge >= 0.3 is 0 Å². The smallest absolute Gasteiger partial charge is 0.146 e. The van der Waals surface area contributed by atoms with Crippen LogP contribution in [-0.2, 0) is 6.61 Å². The number of hydrogen-bond donors (Lipinski definition) is 1. The number of nitrogens with one attached hydrogen (secondary N) is 1. The topological polar surface area (TPSA) is 34.4 Å². The summed E-state index contributed by atoms with van der Waals surface area (Å²) in [6, 6.07) is 11.7. The first-order valence-corrected chi connectivity index (χ1v) is 5.24. The standard InChI is InChI=1S/C13H15NO2/c1-10-3-6-13(16-10)9-15-12-7-4-11(14-2)5-8-12/h3-8,14H,9H2,1-2H3. The molecule has 0 fully saturated rings. The second kappa shape index (κ2) is 4.75. The molecule has 0 saturated carbocycles. The van der Waals surface area contributed by atoms with Gasteiger partial charge in [-0.15, -0.1) is 0 Å². The highest BCUT2D eigenvalue weighted by atomic mass is 16.5. The maximum Gasteiger partial charge on any atom is 0.146 e. The monoisotopic (exact) mass is 217 g/mol. The SMILES string of the molecule is CNc1ccc(OCc2ccc(C)o2)cc1. The second-order valence-corrected chi connectivity index (χ2v) is 3.58. The van der Waals surface area contributed by atoms with Gasteiger partial charge in [-0.1, -0.05) is 0 Å². The largest absolute Gasteiger partial charge is 0.486 e. The third-order valence-electron chi connectivity index (χ3n) is 2.32. The van der Waals surface area contributed by atoms with E-state index in [0.29, 0.717) is 6.61 Å². The van der Waals surface area contributed by atoms with Crippen LogP contribution in [0.1, 0.15) is 11.5 Å². The van der Waals surface area contributed by atoms with Crippen LogP contribution in [0.2, 0.25) is 0 Å². The van der Waals surface area contributed by atoms with E-state index in [2.05, 4.69) is 5.32 Å². The van der Waals surface area contributed by atoms with Gasteiger partial charge in [0.1, 0.15) is 23.9 Å². The van der Waals surface area contributed by atoms with Crippen molar-refractivity contribution in [3.63, 3.8) is 0 Å². The van der Waals surface area contributed by atoms with E-state index < -0.39 is 0 Å². The maximum absolute atomic E-state index is 5.58. The Hall–Kier alpha value is -1.90. The van der Waals surface area contributed by atoms with E-state index in [1.165, 1.54) is 0 Å². The Morgan fingerprint density at radius 1 is 1.12 bits per heavy atom. The minimum atomic E-state index is 0.465. The van der Waals surface area contributed by atoms with Crippen LogP contribution in [-0.4, -0.2) is 7.05 Å². The van der Waals surface area contributed by atoms with Crippen molar-refractivity contribution < 1.29 is 9.15 Å². The zero-order valence-corrected chi connectivity index (χ0v) is 9.49. The number of benzene rings is 1. The normalized spacial score (nSPS) is 10.1. The molecule has 1 aromatic heterocycles. The molecule has 1 heterocycles. The Labute approximate surface area is 95.0 Å². The van der Waals surface area contributed by atoms with Crippen molar-refractivity contribution >= 4 is 5.69 Å². The van der Waals surface area contributed by atoms with Crippen LogP contribution in [0, 0.1) is 6.92 Å². The third-order valence-corrected chi connectivity index (χ3v) is 2.32. The molecule has 1 N–H and O–H groups in total. The van der Waals surface area contributed by atoms with Crippen LogP contribution in [0.3, 0.4) is 0 Å². The summed E-state index contributed by atoms with van der Waals surface area (Å²) >= 11 is 0. The van der Waals surface area contributed by atoms with Gasteiger partial charge in [0.25, 0.3) is 0 Å². The fourth-order valence-corrected chi connectivity index (χ4v) is 1.43. The van der Waals surface area contributed by atoms with Crippen LogP contribution >= 0.6 is 0 Å². The molecule has 0 unspecified atom stereocenters. The van der Waals surface area contributed by atoms with Crippen LogP contribution < -0.4 is 10.1 Å². The van der Waals surface area contributed by atoms with Crippen molar-refractivity contribution in [2.75, 3.05) is 12.4 Å². The Morgan fingerprint density at radius 3 is 2.44 bits per heavy atom. The molecule has 1 aromatic carbocycles. The fraction of sp³-hybridized carbons (Fsp3) is 0.231. The highest BCUT2D eigenvalue weighted by Gasteiger charge is 1.99. The number of ether oxygens (including phenoxy) is 1. The highest BCUT2D eigenvalue weighted by molar-refractivity contribution is 5.45. The van der Waals surface area contributed by atoms with Crippen molar-refractivity contribution in [1.29, 1.82) is 0 Å². The van der Waals surface area contributed by atoms with Crippen molar-refractivity contribution in [3.05, 3.63) is 47.9 Å². The predicted molar refractivity (Wildman–Crippen MR) is 63.8 cm³/mol. The molecule has 16 heavy (non-hydrogen) atoms. The molecular weight excluding hydrogens is 202 g/mol. The molecule has 0 bridgehead atoms. The number of aryl methyl sites for hydroxylation is 1. The first-order chi connectivity index (χ1) is 7.78. The predicted octanol–water partition coefficient (Wildman–Crippen LogP) is 3.21. The summed E-state index contributed by atoms with van der Waals surface area (Å²) in [5.41, 5.74) is 1.07. The minimum absolute atomic E-state index is 0.465. The fourth-order valence-electron chi connectivity index (χ4n) is 1.43. The molecule has 0 aliphatic rings. The van der Waals surface area contributed by atoms with E-state index in [0.717, 1.165) is 23.0 Å².